The molecule has 0 radical (unpaired) electrons. The lowest BCUT2D eigenvalue weighted by Crippen LogP contribution is -2.35. The first kappa shape index (κ1) is 13.3. The number of hydrogen-bond donors (Lipinski definition) is 1. The van der Waals surface area contributed by atoms with Gasteiger partial charge in [0.1, 0.15) is 0 Å². The molecular weight excluding hydrogens is 166 g/mol. The average molecular weight is 182 g/mol. The van der Waals surface area contributed by atoms with Crippen LogP contribution < -0.4 is 5.32 Å². The molecule has 0 fully saturated rings. The van der Waals surface area contributed by atoms with Crippen molar-refractivity contribution in [2.45, 2.75) is 13.8 Å². The highest BCUT2D eigenvalue weighted by Crippen LogP contribution is 2.14. The predicted octanol–water partition coefficient (Wildman–Crippen LogP) is 0.827. The zero-order chi connectivity index (χ0) is 8.20. The van der Waals surface area contributed by atoms with E-state index in [1.165, 1.54) is 7.11 Å². The maximum absolute atomic E-state index is 11.0. The van der Waals surface area contributed by atoms with E-state index in [-0.39, 0.29) is 18.4 Å². The molecule has 0 aromatic heterocycles. The molecular formula is C7H16ClNO2. The van der Waals surface area contributed by atoms with Gasteiger partial charge in [0.15, 0.2) is 0 Å². The smallest absolute Gasteiger partial charge is 0.312 e. The number of hydrogen-bond acceptors (Lipinski definition) is 3. The minimum atomic E-state index is -0.413. The number of rotatable bonds is 3. The highest BCUT2D eigenvalue weighted by atomic mass is 35.5. The second kappa shape index (κ2) is 5.38. The van der Waals surface area contributed by atoms with Gasteiger partial charge in [0.25, 0.3) is 0 Å². The van der Waals surface area contributed by atoms with Crippen LogP contribution >= 0.6 is 12.4 Å². The van der Waals surface area contributed by atoms with E-state index >= 15 is 0 Å². The quantitative estimate of drug-likeness (QED) is 0.656. The third kappa shape index (κ3) is 4.22. The zero-order valence-electron chi connectivity index (χ0n) is 7.43. The summed E-state index contributed by atoms with van der Waals surface area (Å²) in [4.78, 5) is 11.0. The number of methoxy groups -OCH3 is 1. The van der Waals surface area contributed by atoms with Crippen molar-refractivity contribution in [2.75, 3.05) is 20.7 Å². The highest BCUT2D eigenvalue weighted by molar-refractivity contribution is 5.85. The topological polar surface area (TPSA) is 38.3 Å². The van der Waals surface area contributed by atoms with E-state index in [9.17, 15) is 4.79 Å². The van der Waals surface area contributed by atoms with Gasteiger partial charge < -0.3 is 10.1 Å². The standard InChI is InChI=1S/C7H15NO2.ClH/c1-7(2,5-8-3)6(9)10-4;/h8H,5H2,1-4H3;1H. The van der Waals surface area contributed by atoms with Crippen molar-refractivity contribution in [3.8, 4) is 0 Å². The fourth-order valence-corrected chi connectivity index (χ4v) is 0.790. The van der Waals surface area contributed by atoms with Gasteiger partial charge in [-0.1, -0.05) is 0 Å². The first-order valence-corrected chi connectivity index (χ1v) is 3.27. The van der Waals surface area contributed by atoms with Crippen molar-refractivity contribution in [3.63, 3.8) is 0 Å². The Morgan fingerprint density at radius 1 is 1.55 bits per heavy atom. The predicted molar refractivity (Wildman–Crippen MR) is 47.0 cm³/mol. The first-order valence-electron chi connectivity index (χ1n) is 3.27. The molecule has 1 N–H and O–H groups in total. The second-order valence-corrected chi connectivity index (χ2v) is 2.91. The van der Waals surface area contributed by atoms with E-state index in [0.29, 0.717) is 6.54 Å². The monoisotopic (exact) mass is 181 g/mol. The molecule has 68 valence electrons. The Hall–Kier alpha value is -0.280. The van der Waals surface area contributed by atoms with E-state index in [1.807, 2.05) is 20.9 Å². The van der Waals surface area contributed by atoms with Gasteiger partial charge in [-0.05, 0) is 20.9 Å². The largest absolute Gasteiger partial charge is 0.469 e. The molecule has 0 rings (SSSR count). The highest BCUT2D eigenvalue weighted by Gasteiger charge is 2.27. The van der Waals surface area contributed by atoms with Crippen molar-refractivity contribution >= 4 is 18.4 Å². The lowest BCUT2D eigenvalue weighted by molar-refractivity contribution is -0.150. The average Bonchev–Trinajstić information content (AvgIpc) is 1.86. The van der Waals surface area contributed by atoms with Crippen LogP contribution in [0.4, 0.5) is 0 Å². The van der Waals surface area contributed by atoms with Gasteiger partial charge in [-0.15, -0.1) is 12.4 Å². The molecule has 0 unspecified atom stereocenters. The van der Waals surface area contributed by atoms with Crippen LogP contribution in [0.2, 0.25) is 0 Å². The van der Waals surface area contributed by atoms with Crippen LogP contribution in [0.5, 0.6) is 0 Å². The Bertz CT molecular complexity index is 126. The number of carbonyl (C=O) groups excluding carboxylic acids is 1. The van der Waals surface area contributed by atoms with Crippen molar-refractivity contribution in [3.05, 3.63) is 0 Å². The van der Waals surface area contributed by atoms with Gasteiger partial charge in [-0.3, -0.25) is 4.79 Å². The minimum absolute atomic E-state index is 0. The molecule has 0 saturated heterocycles. The number of carbonyl (C=O) groups is 1. The Kier molecular flexibility index (Phi) is 6.52. The van der Waals surface area contributed by atoms with E-state index in [2.05, 4.69) is 10.1 Å². The normalized spacial score (nSPS) is 10.2. The summed E-state index contributed by atoms with van der Waals surface area (Å²) in [5, 5.41) is 2.92. The molecule has 0 aliphatic carbocycles. The summed E-state index contributed by atoms with van der Waals surface area (Å²) in [7, 11) is 3.21. The third-order valence-corrected chi connectivity index (χ3v) is 1.36. The molecule has 0 saturated carbocycles. The summed E-state index contributed by atoms with van der Waals surface area (Å²) in [5.41, 5.74) is -0.413. The Morgan fingerprint density at radius 3 is 2.27 bits per heavy atom. The maximum Gasteiger partial charge on any atom is 0.312 e. The number of halogens is 1. The summed E-state index contributed by atoms with van der Waals surface area (Å²) >= 11 is 0. The molecule has 3 nitrogen and oxygen atoms in total. The SMILES string of the molecule is CNCC(C)(C)C(=O)OC.Cl. The zero-order valence-corrected chi connectivity index (χ0v) is 8.25. The molecule has 0 spiro atoms. The van der Waals surface area contributed by atoms with Crippen LogP contribution in [-0.4, -0.2) is 26.7 Å². The Balaban J connectivity index is 0. The summed E-state index contributed by atoms with van der Waals surface area (Å²) in [6.45, 7) is 4.32. The fourth-order valence-electron chi connectivity index (χ4n) is 0.790. The van der Waals surface area contributed by atoms with E-state index < -0.39 is 5.41 Å². The van der Waals surface area contributed by atoms with Crippen LogP contribution in [0, 0.1) is 5.41 Å². The van der Waals surface area contributed by atoms with Crippen molar-refractivity contribution in [1.82, 2.24) is 5.32 Å². The van der Waals surface area contributed by atoms with Gasteiger partial charge >= 0.3 is 5.97 Å². The summed E-state index contributed by atoms with van der Waals surface area (Å²) in [6, 6.07) is 0. The number of nitrogens with one attached hydrogen (secondary N) is 1. The van der Waals surface area contributed by atoms with Crippen LogP contribution in [0.25, 0.3) is 0 Å². The van der Waals surface area contributed by atoms with Crippen LogP contribution in [0.15, 0.2) is 0 Å². The van der Waals surface area contributed by atoms with Crippen molar-refractivity contribution in [1.29, 1.82) is 0 Å². The lowest BCUT2D eigenvalue weighted by atomic mass is 9.94. The molecule has 0 aliphatic heterocycles. The minimum Gasteiger partial charge on any atom is -0.469 e. The number of esters is 1. The summed E-state index contributed by atoms with van der Waals surface area (Å²) in [6.07, 6.45) is 0. The molecule has 0 aliphatic rings. The molecule has 0 heterocycles. The van der Waals surface area contributed by atoms with Crippen LogP contribution in [-0.2, 0) is 9.53 Å². The number of ether oxygens (including phenoxy) is 1. The Labute approximate surface area is 73.9 Å². The Morgan fingerprint density at radius 2 is 2.00 bits per heavy atom. The van der Waals surface area contributed by atoms with E-state index in [1.54, 1.807) is 0 Å². The fraction of sp³-hybridized carbons (Fsp3) is 0.857. The van der Waals surface area contributed by atoms with Gasteiger partial charge in [-0.2, -0.15) is 0 Å². The van der Waals surface area contributed by atoms with Gasteiger partial charge in [-0.25, -0.2) is 0 Å². The molecule has 0 atom stereocenters. The third-order valence-electron chi connectivity index (χ3n) is 1.36. The van der Waals surface area contributed by atoms with Gasteiger partial charge in [0.2, 0.25) is 0 Å². The molecule has 11 heavy (non-hydrogen) atoms. The van der Waals surface area contributed by atoms with Crippen LogP contribution in [0.1, 0.15) is 13.8 Å². The maximum atomic E-state index is 11.0. The summed E-state index contributed by atoms with van der Waals surface area (Å²) in [5.74, 6) is -0.179. The van der Waals surface area contributed by atoms with Crippen molar-refractivity contribution < 1.29 is 9.53 Å². The molecule has 4 heteroatoms. The molecule has 0 amide bonds. The van der Waals surface area contributed by atoms with E-state index in [0.717, 1.165) is 0 Å². The molecule has 0 bridgehead atoms. The summed E-state index contributed by atoms with van der Waals surface area (Å²) < 4.78 is 4.59. The van der Waals surface area contributed by atoms with Crippen molar-refractivity contribution in [2.24, 2.45) is 5.41 Å². The molecule has 0 aromatic rings. The first-order chi connectivity index (χ1) is 4.54. The second-order valence-electron chi connectivity index (χ2n) is 2.91. The molecule has 0 aromatic carbocycles. The van der Waals surface area contributed by atoms with E-state index in [4.69, 9.17) is 0 Å². The lowest BCUT2D eigenvalue weighted by Gasteiger charge is -2.20. The van der Waals surface area contributed by atoms with Gasteiger partial charge in [0, 0.05) is 6.54 Å². The van der Waals surface area contributed by atoms with Gasteiger partial charge in [0.05, 0.1) is 12.5 Å². The van der Waals surface area contributed by atoms with Crippen LogP contribution in [0.3, 0.4) is 0 Å².